The van der Waals surface area contributed by atoms with E-state index in [-0.39, 0.29) is 19.1 Å². The number of nitrogens with two attached hydrogens (primary N) is 1. The molecule has 0 amide bonds. The van der Waals surface area contributed by atoms with Crippen molar-refractivity contribution < 1.29 is 19.4 Å². The van der Waals surface area contributed by atoms with Crippen molar-refractivity contribution >= 4 is 21.9 Å². The first kappa shape index (κ1) is 14.1. The molecule has 1 atom stereocenters. The van der Waals surface area contributed by atoms with Gasteiger partial charge in [0.25, 0.3) is 0 Å². The van der Waals surface area contributed by atoms with Gasteiger partial charge >= 0.3 is 5.97 Å². The van der Waals surface area contributed by atoms with E-state index in [1.807, 2.05) is 19.9 Å². The SMILES string of the molecule is CC(C)c1c(CC(N)C(=O)O)cc(Br)c2c1OCO2. The van der Waals surface area contributed by atoms with Gasteiger partial charge in [-0.25, -0.2) is 0 Å². The van der Waals surface area contributed by atoms with E-state index in [4.69, 9.17) is 20.3 Å². The van der Waals surface area contributed by atoms with Crippen LogP contribution in [-0.4, -0.2) is 23.9 Å². The quantitative estimate of drug-likeness (QED) is 0.885. The molecule has 0 aliphatic carbocycles. The summed E-state index contributed by atoms with van der Waals surface area (Å²) < 4.78 is 11.7. The van der Waals surface area contributed by atoms with E-state index in [1.165, 1.54) is 0 Å². The summed E-state index contributed by atoms with van der Waals surface area (Å²) in [7, 11) is 0. The zero-order valence-corrected chi connectivity index (χ0v) is 12.4. The molecule has 0 aromatic heterocycles. The number of halogens is 1. The second-order valence-electron chi connectivity index (χ2n) is 4.80. The van der Waals surface area contributed by atoms with Crippen molar-refractivity contribution in [1.82, 2.24) is 0 Å². The van der Waals surface area contributed by atoms with Crippen LogP contribution in [-0.2, 0) is 11.2 Å². The number of ether oxygens (including phenoxy) is 2. The molecule has 19 heavy (non-hydrogen) atoms. The van der Waals surface area contributed by atoms with Crippen molar-refractivity contribution in [3.63, 3.8) is 0 Å². The summed E-state index contributed by atoms with van der Waals surface area (Å²) in [4.78, 5) is 10.9. The molecule has 1 unspecified atom stereocenters. The fraction of sp³-hybridized carbons (Fsp3) is 0.462. The predicted octanol–water partition coefficient (Wildman–Crippen LogP) is 2.26. The van der Waals surface area contributed by atoms with Gasteiger partial charge in [0, 0.05) is 5.56 Å². The van der Waals surface area contributed by atoms with Crippen LogP contribution in [0.3, 0.4) is 0 Å². The Labute approximate surface area is 119 Å². The largest absolute Gasteiger partial charge is 0.480 e. The van der Waals surface area contributed by atoms with Crippen LogP contribution >= 0.6 is 15.9 Å². The second-order valence-corrected chi connectivity index (χ2v) is 5.65. The molecule has 1 heterocycles. The maximum Gasteiger partial charge on any atom is 0.320 e. The number of carboxylic acid groups (broad SMARTS) is 1. The van der Waals surface area contributed by atoms with Gasteiger partial charge in [-0.05, 0) is 39.9 Å². The maximum atomic E-state index is 10.9. The smallest absolute Gasteiger partial charge is 0.320 e. The molecule has 1 aromatic carbocycles. The van der Waals surface area contributed by atoms with E-state index in [2.05, 4.69) is 15.9 Å². The molecular formula is C13H16BrNO4. The van der Waals surface area contributed by atoms with Gasteiger partial charge in [-0.1, -0.05) is 13.8 Å². The molecule has 3 N–H and O–H groups in total. The van der Waals surface area contributed by atoms with Crippen LogP contribution in [0, 0.1) is 0 Å². The highest BCUT2D eigenvalue weighted by atomic mass is 79.9. The summed E-state index contributed by atoms with van der Waals surface area (Å²) in [5.74, 6) is 0.552. The normalized spacial score (nSPS) is 14.8. The molecule has 0 saturated heterocycles. The van der Waals surface area contributed by atoms with Gasteiger partial charge in [-0.15, -0.1) is 0 Å². The van der Waals surface area contributed by atoms with Crippen LogP contribution in [0.4, 0.5) is 0 Å². The lowest BCUT2D eigenvalue weighted by molar-refractivity contribution is -0.138. The minimum Gasteiger partial charge on any atom is -0.480 e. The number of fused-ring (bicyclic) bond motifs is 1. The Morgan fingerprint density at radius 3 is 2.68 bits per heavy atom. The minimum absolute atomic E-state index is 0.183. The Morgan fingerprint density at radius 1 is 1.47 bits per heavy atom. The van der Waals surface area contributed by atoms with Gasteiger partial charge in [-0.3, -0.25) is 4.79 Å². The van der Waals surface area contributed by atoms with E-state index >= 15 is 0 Å². The van der Waals surface area contributed by atoms with Crippen molar-refractivity contribution in [2.45, 2.75) is 32.2 Å². The topological polar surface area (TPSA) is 81.8 Å². The zero-order valence-electron chi connectivity index (χ0n) is 10.8. The lowest BCUT2D eigenvalue weighted by Gasteiger charge is -2.18. The standard InChI is InChI=1S/C13H16BrNO4/c1-6(2)10-7(4-9(15)13(16)17)3-8(14)11-12(10)19-5-18-11/h3,6,9H,4-5,15H2,1-2H3,(H,16,17). The third kappa shape index (κ3) is 2.69. The van der Waals surface area contributed by atoms with E-state index in [9.17, 15) is 4.79 Å². The Bertz CT molecular complexity index is 516. The fourth-order valence-corrected chi connectivity index (χ4v) is 2.79. The highest BCUT2D eigenvalue weighted by Crippen LogP contribution is 2.46. The van der Waals surface area contributed by atoms with E-state index < -0.39 is 12.0 Å². The number of hydrogen-bond donors (Lipinski definition) is 2. The zero-order chi connectivity index (χ0) is 14.2. The van der Waals surface area contributed by atoms with Crippen molar-refractivity contribution in [1.29, 1.82) is 0 Å². The molecule has 1 aliphatic rings. The molecule has 0 radical (unpaired) electrons. The molecule has 104 valence electrons. The van der Waals surface area contributed by atoms with Crippen molar-refractivity contribution in [2.75, 3.05) is 6.79 Å². The van der Waals surface area contributed by atoms with Crippen LogP contribution in [0.2, 0.25) is 0 Å². The number of aliphatic carboxylic acids is 1. The summed E-state index contributed by atoms with van der Waals surface area (Å²) >= 11 is 3.42. The highest BCUT2D eigenvalue weighted by molar-refractivity contribution is 9.10. The van der Waals surface area contributed by atoms with Crippen molar-refractivity contribution in [2.24, 2.45) is 5.73 Å². The summed E-state index contributed by atoms with van der Waals surface area (Å²) in [5.41, 5.74) is 7.47. The lowest BCUT2D eigenvalue weighted by Crippen LogP contribution is -2.32. The fourth-order valence-electron chi connectivity index (χ4n) is 2.22. The molecular weight excluding hydrogens is 314 g/mol. The third-order valence-corrected chi connectivity index (χ3v) is 3.64. The summed E-state index contributed by atoms with van der Waals surface area (Å²) in [6.07, 6.45) is 0.262. The molecule has 0 fully saturated rings. The number of benzene rings is 1. The van der Waals surface area contributed by atoms with Crippen molar-refractivity contribution in [3.8, 4) is 11.5 Å². The van der Waals surface area contributed by atoms with Gasteiger partial charge in [0.1, 0.15) is 6.04 Å². The molecule has 1 aromatic rings. The average Bonchev–Trinajstić information content (AvgIpc) is 2.77. The molecule has 1 aliphatic heterocycles. The summed E-state index contributed by atoms with van der Waals surface area (Å²) in [6.45, 7) is 4.24. The van der Waals surface area contributed by atoms with Crippen LogP contribution in [0.5, 0.6) is 11.5 Å². The van der Waals surface area contributed by atoms with Gasteiger partial charge < -0.3 is 20.3 Å². The van der Waals surface area contributed by atoms with Crippen LogP contribution in [0.15, 0.2) is 10.5 Å². The molecule has 0 spiro atoms. The van der Waals surface area contributed by atoms with Gasteiger partial charge in [0.2, 0.25) is 6.79 Å². The van der Waals surface area contributed by atoms with Crippen LogP contribution in [0.25, 0.3) is 0 Å². The number of hydrogen-bond acceptors (Lipinski definition) is 4. The second kappa shape index (κ2) is 5.38. The van der Waals surface area contributed by atoms with Gasteiger partial charge in [0.05, 0.1) is 4.47 Å². The molecule has 2 rings (SSSR count). The van der Waals surface area contributed by atoms with Gasteiger partial charge in [0.15, 0.2) is 11.5 Å². The van der Waals surface area contributed by atoms with Crippen molar-refractivity contribution in [3.05, 3.63) is 21.7 Å². The maximum absolute atomic E-state index is 10.9. The molecule has 6 heteroatoms. The number of rotatable bonds is 4. The molecule has 0 bridgehead atoms. The lowest BCUT2D eigenvalue weighted by atomic mass is 9.92. The third-order valence-electron chi connectivity index (χ3n) is 3.06. The predicted molar refractivity (Wildman–Crippen MR) is 73.7 cm³/mol. The Kier molecular flexibility index (Phi) is 4.01. The number of carboxylic acids is 1. The first-order chi connectivity index (χ1) is 8.91. The minimum atomic E-state index is -1.01. The Hall–Kier alpha value is -1.27. The molecule has 5 nitrogen and oxygen atoms in total. The number of carbonyl (C=O) groups is 1. The summed E-state index contributed by atoms with van der Waals surface area (Å²) in [6, 6.07) is 0.941. The van der Waals surface area contributed by atoms with Gasteiger partial charge in [-0.2, -0.15) is 0 Å². The highest BCUT2D eigenvalue weighted by Gasteiger charge is 2.27. The van der Waals surface area contributed by atoms with E-state index in [0.717, 1.165) is 15.6 Å². The Morgan fingerprint density at radius 2 is 2.11 bits per heavy atom. The van der Waals surface area contributed by atoms with Crippen LogP contribution in [0.1, 0.15) is 30.9 Å². The van der Waals surface area contributed by atoms with E-state index in [1.54, 1.807) is 0 Å². The first-order valence-electron chi connectivity index (χ1n) is 6.01. The average molecular weight is 330 g/mol. The Balaban J connectivity index is 2.48. The molecule has 0 saturated carbocycles. The summed E-state index contributed by atoms with van der Waals surface area (Å²) in [5, 5.41) is 8.94. The van der Waals surface area contributed by atoms with Crippen LogP contribution < -0.4 is 15.2 Å². The first-order valence-corrected chi connectivity index (χ1v) is 6.80. The van der Waals surface area contributed by atoms with E-state index in [0.29, 0.717) is 11.5 Å². The monoisotopic (exact) mass is 329 g/mol.